The number of thioether (sulfide) groups is 1. The molecule has 31 heavy (non-hydrogen) atoms. The van der Waals surface area contributed by atoms with Crippen LogP contribution < -0.4 is 5.32 Å². The molecule has 0 fully saturated rings. The predicted octanol–water partition coefficient (Wildman–Crippen LogP) is 5.06. The SMILES string of the molecule is Cc1cc(C)cc(NC(=O)C(Sc2nnnn2-c2ccccc2C)c2ccccc2)c1. The third kappa shape index (κ3) is 4.83. The van der Waals surface area contributed by atoms with E-state index in [0.717, 1.165) is 33.6 Å². The molecule has 0 aliphatic carbocycles. The summed E-state index contributed by atoms with van der Waals surface area (Å²) in [6.45, 7) is 6.04. The van der Waals surface area contributed by atoms with Gasteiger partial charge < -0.3 is 5.32 Å². The molecule has 0 radical (unpaired) electrons. The van der Waals surface area contributed by atoms with Gasteiger partial charge in [0.2, 0.25) is 11.1 Å². The summed E-state index contributed by atoms with van der Waals surface area (Å²) in [5.41, 5.74) is 5.80. The van der Waals surface area contributed by atoms with Gasteiger partial charge in [0.1, 0.15) is 5.25 Å². The molecule has 1 atom stereocenters. The molecule has 0 aliphatic heterocycles. The molecule has 0 spiro atoms. The maximum absolute atomic E-state index is 13.4. The van der Waals surface area contributed by atoms with Gasteiger partial charge in [-0.3, -0.25) is 4.79 Å². The summed E-state index contributed by atoms with van der Waals surface area (Å²) in [5, 5.41) is 15.3. The molecule has 1 unspecified atom stereocenters. The number of benzene rings is 3. The van der Waals surface area contributed by atoms with Gasteiger partial charge in [-0.2, -0.15) is 4.68 Å². The number of aryl methyl sites for hydroxylation is 3. The fourth-order valence-electron chi connectivity index (χ4n) is 3.47. The number of carbonyl (C=O) groups is 1. The van der Waals surface area contributed by atoms with E-state index in [2.05, 4.69) is 26.9 Å². The van der Waals surface area contributed by atoms with Crippen molar-refractivity contribution in [3.05, 3.63) is 95.1 Å². The van der Waals surface area contributed by atoms with Gasteiger partial charge in [-0.05, 0) is 71.7 Å². The van der Waals surface area contributed by atoms with Crippen molar-refractivity contribution in [1.82, 2.24) is 20.2 Å². The lowest BCUT2D eigenvalue weighted by Gasteiger charge is -2.17. The number of para-hydroxylation sites is 1. The molecule has 3 aromatic carbocycles. The summed E-state index contributed by atoms with van der Waals surface area (Å²) >= 11 is 1.33. The van der Waals surface area contributed by atoms with Crippen molar-refractivity contribution >= 4 is 23.4 Å². The van der Waals surface area contributed by atoms with E-state index in [9.17, 15) is 4.79 Å². The Hall–Kier alpha value is -3.45. The lowest BCUT2D eigenvalue weighted by molar-refractivity contribution is -0.115. The zero-order valence-corrected chi connectivity index (χ0v) is 18.4. The number of aromatic nitrogens is 4. The first-order valence-electron chi connectivity index (χ1n) is 9.96. The Morgan fingerprint density at radius 1 is 0.935 bits per heavy atom. The number of hydrogen-bond donors (Lipinski definition) is 1. The molecule has 4 rings (SSSR count). The summed E-state index contributed by atoms with van der Waals surface area (Å²) in [6.07, 6.45) is 0. The van der Waals surface area contributed by atoms with Crippen LogP contribution in [0.3, 0.4) is 0 Å². The number of carbonyl (C=O) groups excluding carboxylic acids is 1. The van der Waals surface area contributed by atoms with Crippen LogP contribution in [0.25, 0.3) is 5.69 Å². The third-order valence-electron chi connectivity index (χ3n) is 4.84. The third-order valence-corrected chi connectivity index (χ3v) is 6.02. The highest BCUT2D eigenvalue weighted by Gasteiger charge is 2.26. The first-order valence-corrected chi connectivity index (χ1v) is 10.8. The Morgan fingerprint density at radius 3 is 2.32 bits per heavy atom. The molecular formula is C24H23N5OS. The molecule has 6 nitrogen and oxygen atoms in total. The molecule has 156 valence electrons. The van der Waals surface area contributed by atoms with Crippen LogP contribution in [-0.4, -0.2) is 26.1 Å². The smallest absolute Gasteiger partial charge is 0.242 e. The molecule has 0 saturated carbocycles. The van der Waals surface area contributed by atoms with Gasteiger partial charge in [-0.1, -0.05) is 66.4 Å². The fourth-order valence-corrected chi connectivity index (χ4v) is 4.45. The van der Waals surface area contributed by atoms with Crippen LogP contribution in [0.15, 0.2) is 78.0 Å². The van der Waals surface area contributed by atoms with Gasteiger partial charge in [0.15, 0.2) is 0 Å². The van der Waals surface area contributed by atoms with Crippen LogP contribution in [0.5, 0.6) is 0 Å². The van der Waals surface area contributed by atoms with E-state index >= 15 is 0 Å². The van der Waals surface area contributed by atoms with Gasteiger partial charge in [-0.25, -0.2) is 0 Å². The van der Waals surface area contributed by atoms with Crippen molar-refractivity contribution in [1.29, 1.82) is 0 Å². The van der Waals surface area contributed by atoms with Crippen molar-refractivity contribution in [2.24, 2.45) is 0 Å². The highest BCUT2D eigenvalue weighted by Crippen LogP contribution is 2.36. The maximum atomic E-state index is 13.4. The average molecular weight is 430 g/mol. The van der Waals surface area contributed by atoms with Crippen LogP contribution in [0, 0.1) is 20.8 Å². The number of amides is 1. The molecular weight excluding hydrogens is 406 g/mol. The largest absolute Gasteiger partial charge is 0.325 e. The zero-order chi connectivity index (χ0) is 21.8. The van der Waals surface area contributed by atoms with Gasteiger partial charge in [0.25, 0.3) is 0 Å². The van der Waals surface area contributed by atoms with E-state index in [0.29, 0.717) is 5.16 Å². The molecule has 1 amide bonds. The normalized spacial score (nSPS) is 11.8. The summed E-state index contributed by atoms with van der Waals surface area (Å²) in [7, 11) is 0. The minimum atomic E-state index is -0.518. The minimum absolute atomic E-state index is 0.125. The number of hydrogen-bond acceptors (Lipinski definition) is 5. The van der Waals surface area contributed by atoms with E-state index in [4.69, 9.17) is 0 Å². The van der Waals surface area contributed by atoms with Gasteiger partial charge in [0, 0.05) is 5.69 Å². The van der Waals surface area contributed by atoms with Gasteiger partial charge in [0.05, 0.1) is 5.69 Å². The lowest BCUT2D eigenvalue weighted by atomic mass is 10.1. The summed E-state index contributed by atoms with van der Waals surface area (Å²) < 4.78 is 1.68. The first-order chi connectivity index (χ1) is 15.0. The van der Waals surface area contributed by atoms with Gasteiger partial charge in [-0.15, -0.1) is 5.10 Å². The molecule has 1 N–H and O–H groups in total. The number of rotatable bonds is 6. The van der Waals surface area contributed by atoms with Crippen molar-refractivity contribution in [3.63, 3.8) is 0 Å². The Bertz CT molecular complexity index is 1190. The molecule has 0 saturated heterocycles. The maximum Gasteiger partial charge on any atom is 0.242 e. The predicted molar refractivity (Wildman–Crippen MR) is 123 cm³/mol. The molecule has 1 heterocycles. The highest BCUT2D eigenvalue weighted by atomic mass is 32.2. The highest BCUT2D eigenvalue weighted by molar-refractivity contribution is 8.00. The molecule has 7 heteroatoms. The summed E-state index contributed by atoms with van der Waals surface area (Å²) in [5.74, 6) is -0.125. The Labute approximate surface area is 185 Å². The number of nitrogens with zero attached hydrogens (tertiary/aromatic N) is 4. The first kappa shape index (κ1) is 20.8. The molecule has 0 bridgehead atoms. The summed E-state index contributed by atoms with van der Waals surface area (Å²) in [6, 6.07) is 23.6. The second kappa shape index (κ2) is 9.14. The van der Waals surface area contributed by atoms with Crippen molar-refractivity contribution in [3.8, 4) is 5.69 Å². The van der Waals surface area contributed by atoms with E-state index in [1.807, 2.05) is 87.5 Å². The van der Waals surface area contributed by atoms with Crippen LogP contribution in [0.2, 0.25) is 0 Å². The monoisotopic (exact) mass is 429 g/mol. The number of nitrogens with one attached hydrogen (secondary N) is 1. The topological polar surface area (TPSA) is 72.7 Å². The fraction of sp³-hybridized carbons (Fsp3) is 0.167. The van der Waals surface area contributed by atoms with Crippen LogP contribution >= 0.6 is 11.8 Å². The standard InChI is InChI=1S/C24H23N5OS/c1-16-13-17(2)15-20(14-16)25-23(30)22(19-10-5-4-6-11-19)31-24-26-27-28-29(24)21-12-8-7-9-18(21)3/h4-15,22H,1-3H3,(H,25,30). The van der Waals surface area contributed by atoms with Crippen molar-refractivity contribution < 1.29 is 4.79 Å². The minimum Gasteiger partial charge on any atom is -0.325 e. The van der Waals surface area contributed by atoms with Crippen molar-refractivity contribution in [2.75, 3.05) is 5.32 Å². The Balaban J connectivity index is 1.67. The molecule has 0 aliphatic rings. The zero-order valence-electron chi connectivity index (χ0n) is 17.6. The number of tetrazole rings is 1. The van der Waals surface area contributed by atoms with E-state index < -0.39 is 5.25 Å². The quantitative estimate of drug-likeness (QED) is 0.434. The summed E-state index contributed by atoms with van der Waals surface area (Å²) in [4.78, 5) is 13.4. The second-order valence-electron chi connectivity index (χ2n) is 7.43. The van der Waals surface area contributed by atoms with E-state index in [1.165, 1.54) is 11.8 Å². The van der Waals surface area contributed by atoms with E-state index in [-0.39, 0.29) is 5.91 Å². The average Bonchev–Trinajstić information content (AvgIpc) is 3.20. The van der Waals surface area contributed by atoms with Crippen LogP contribution in [0.1, 0.15) is 27.5 Å². The van der Waals surface area contributed by atoms with Crippen LogP contribution in [-0.2, 0) is 4.79 Å². The Morgan fingerprint density at radius 2 is 1.61 bits per heavy atom. The molecule has 4 aromatic rings. The van der Waals surface area contributed by atoms with Gasteiger partial charge >= 0.3 is 0 Å². The Kier molecular flexibility index (Phi) is 6.13. The van der Waals surface area contributed by atoms with Crippen molar-refractivity contribution in [2.45, 2.75) is 31.2 Å². The van der Waals surface area contributed by atoms with Crippen LogP contribution in [0.4, 0.5) is 5.69 Å². The second-order valence-corrected chi connectivity index (χ2v) is 8.51. The lowest BCUT2D eigenvalue weighted by Crippen LogP contribution is -2.19. The van der Waals surface area contributed by atoms with E-state index in [1.54, 1.807) is 4.68 Å². The number of anilines is 1. The molecule has 1 aromatic heterocycles.